The molecule has 1 radical (unpaired) electrons. The minimum Gasteiger partial charge on any atom is -0.550 e. The fourth-order valence-corrected chi connectivity index (χ4v) is 10.9. The molecule has 3 aliphatic rings. The monoisotopic (exact) mass is 1360 g/mol. The molecule has 9 rings (SSSR count). The first kappa shape index (κ1) is 70.4. The van der Waals surface area contributed by atoms with Crippen LogP contribution in [0.15, 0.2) is 150 Å². The van der Waals surface area contributed by atoms with E-state index in [0.29, 0.717) is 30.6 Å². The number of carboxylic acids is 1. The van der Waals surface area contributed by atoms with Gasteiger partial charge >= 0.3 is 19.8 Å². The van der Waals surface area contributed by atoms with Crippen molar-refractivity contribution in [1.29, 1.82) is 0 Å². The summed E-state index contributed by atoms with van der Waals surface area (Å²) in [5, 5.41) is 13.9. The summed E-state index contributed by atoms with van der Waals surface area (Å²) in [6, 6.07) is 19.8. The summed E-state index contributed by atoms with van der Waals surface area (Å²) >= 11 is 0. The van der Waals surface area contributed by atoms with E-state index in [2.05, 4.69) is 154 Å². The fraction of sp³-hybridized carbons (Fsp3) is 0.493. The molecule has 4 unspecified atom stereocenters. The zero-order chi connectivity index (χ0) is 61.1. The van der Waals surface area contributed by atoms with Gasteiger partial charge in [-0.1, -0.05) is 38.8 Å². The molecule has 0 saturated heterocycles. The molecule has 9 heterocycles. The SMILES string of the molecule is CC1=CCN=C1c1nccn1C.CCCC(CC(CC(CC)c1cc[n+](CCCCCC(=O)NCCCCCC[N+]2=CC=NC2c2cccc(C)n2)cc1)c1ccncc1)c1cc[n+](CCCCCC(=O)[O-])cc1.C[N+]1=CC=NC1.C[n+]1cc[n-]c1.[Os+]. The van der Waals surface area contributed by atoms with Crippen LogP contribution in [0.5, 0.6) is 0 Å². The number of aryl methyl sites for hydroxylation is 5. The Balaban J connectivity index is 0.000000449. The Morgan fingerprint density at radius 2 is 1.40 bits per heavy atom. The third-order valence-electron chi connectivity index (χ3n) is 15.9. The van der Waals surface area contributed by atoms with Crippen molar-refractivity contribution in [2.45, 2.75) is 174 Å². The maximum absolute atomic E-state index is 12.5. The van der Waals surface area contributed by atoms with Gasteiger partial charge in [-0.05, 0) is 149 Å². The van der Waals surface area contributed by atoms with Crippen molar-refractivity contribution in [2.75, 3.05) is 33.4 Å². The number of nitrogens with zero attached hydrogens (tertiary/aromatic N) is 13. The van der Waals surface area contributed by atoms with E-state index in [9.17, 15) is 14.7 Å². The van der Waals surface area contributed by atoms with E-state index in [1.165, 1.54) is 22.3 Å². The third-order valence-corrected chi connectivity index (χ3v) is 15.9. The van der Waals surface area contributed by atoms with Crippen molar-refractivity contribution in [1.82, 2.24) is 29.8 Å². The smallest absolute Gasteiger partial charge is 0.550 e. The number of amides is 1. The maximum Gasteiger partial charge on any atom is 1.00 e. The molecule has 0 spiro atoms. The number of aromatic nitrogens is 8. The number of rotatable bonds is 31. The van der Waals surface area contributed by atoms with Crippen molar-refractivity contribution in [3.8, 4) is 0 Å². The molecule has 0 saturated carbocycles. The zero-order valence-electron chi connectivity index (χ0n) is 52.9. The molecule has 3 aliphatic heterocycles. The summed E-state index contributed by atoms with van der Waals surface area (Å²) in [4.78, 5) is 53.1. The number of aliphatic imine (C=N–C) groups is 3. The van der Waals surface area contributed by atoms with Crippen LogP contribution in [-0.4, -0.2) is 104 Å². The molecule has 0 aromatic carbocycles. The predicted molar refractivity (Wildman–Crippen MR) is 340 cm³/mol. The van der Waals surface area contributed by atoms with Crippen LogP contribution in [0.2, 0.25) is 0 Å². The Kier molecular flexibility index (Phi) is 32.6. The molecule has 4 atom stereocenters. The van der Waals surface area contributed by atoms with Gasteiger partial charge in [0.05, 0.1) is 25.3 Å². The molecule has 1 amide bonds. The van der Waals surface area contributed by atoms with Gasteiger partial charge in [-0.15, -0.1) is 0 Å². The summed E-state index contributed by atoms with van der Waals surface area (Å²) in [6.07, 6.45) is 47.8. The number of aliphatic carboxylic acids is 1. The van der Waals surface area contributed by atoms with Gasteiger partial charge in [0.1, 0.15) is 38.1 Å². The van der Waals surface area contributed by atoms with E-state index in [4.69, 9.17) is 0 Å². The summed E-state index contributed by atoms with van der Waals surface area (Å²) < 4.78 is 12.7. The molecular formula is C69H97N14O3Os+4. The molecule has 1 N–H and O–H groups in total. The number of hydrogen-bond acceptors (Lipinski definition) is 9. The molecule has 18 heteroatoms. The minimum atomic E-state index is -0.961. The first-order chi connectivity index (χ1) is 41.9. The second kappa shape index (κ2) is 40.2. The van der Waals surface area contributed by atoms with E-state index in [-0.39, 0.29) is 38.3 Å². The molecule has 6 aromatic rings. The molecule has 0 fully saturated rings. The second-order valence-electron chi connectivity index (χ2n) is 22.8. The fourth-order valence-electron chi connectivity index (χ4n) is 10.9. The normalized spacial score (nSPS) is 14.8. The van der Waals surface area contributed by atoms with Crippen molar-refractivity contribution in [3.05, 3.63) is 168 Å². The van der Waals surface area contributed by atoms with Crippen LogP contribution in [0.1, 0.15) is 188 Å². The standard InChI is InChI=1S/C52H72N7O3.C9H11N3.C4H7N2.C4H6N2.Os/c1-4-17-47(46-26-37-58(38-27-46)33-14-9-11-21-51(61)62)41-48(44-22-29-53-30-23-44)40-43(5-2)45-24-35-57(36-25-45)32-13-8-10-20-50(60)54-28-12-6-7-15-34-59-39-31-55-52(59)49-19-16-18-42(3)56-49;1-7-3-4-10-8(7)9-11-5-6-12(9)2;2*1-6-3-2-5-4-6;/h16,18-19,22-27,29-31,35-39,43,47-48,52H,4-15,17,20-21,28,32-34,40-41H2,1-3H3;3,5-6H,4H2,1-2H3;2-3H,4H2,1H3;2-4H,1H3;/q+1;;+1;;+1/p+1. The van der Waals surface area contributed by atoms with Crippen LogP contribution >= 0.6 is 0 Å². The number of hydrogen-bond donors (Lipinski definition) is 1. The van der Waals surface area contributed by atoms with Crippen LogP contribution < -0.4 is 29.1 Å². The van der Waals surface area contributed by atoms with E-state index in [1.807, 2.05) is 91.1 Å². The molecule has 0 aliphatic carbocycles. The Bertz CT molecular complexity index is 3120. The van der Waals surface area contributed by atoms with Gasteiger partial charge < -0.3 is 24.4 Å². The number of unbranched alkanes of at least 4 members (excludes halogenated alkanes) is 7. The first-order valence-electron chi connectivity index (χ1n) is 31.5. The van der Waals surface area contributed by atoms with Gasteiger partial charge in [0.25, 0.3) is 6.17 Å². The Morgan fingerprint density at radius 1 is 0.747 bits per heavy atom. The molecule has 87 heavy (non-hydrogen) atoms. The van der Waals surface area contributed by atoms with Gasteiger partial charge in [-0.25, -0.2) is 43.2 Å². The number of imidazole rings is 2. The van der Waals surface area contributed by atoms with Crippen LogP contribution in [0.25, 0.3) is 0 Å². The van der Waals surface area contributed by atoms with Crippen molar-refractivity contribution in [2.24, 2.45) is 29.1 Å². The van der Waals surface area contributed by atoms with Crippen LogP contribution in [0.3, 0.4) is 0 Å². The van der Waals surface area contributed by atoms with Crippen molar-refractivity contribution in [3.63, 3.8) is 0 Å². The van der Waals surface area contributed by atoms with Crippen LogP contribution in [-0.2, 0) is 56.6 Å². The summed E-state index contributed by atoms with van der Waals surface area (Å²) in [7, 11) is 5.91. The van der Waals surface area contributed by atoms with E-state index in [0.717, 1.165) is 152 Å². The summed E-state index contributed by atoms with van der Waals surface area (Å²) in [5.74, 6) is 1.50. The summed E-state index contributed by atoms with van der Waals surface area (Å²) in [5.41, 5.74) is 8.43. The van der Waals surface area contributed by atoms with E-state index < -0.39 is 5.97 Å². The molecule has 465 valence electrons. The van der Waals surface area contributed by atoms with Gasteiger partial charge in [0.2, 0.25) is 12.6 Å². The Morgan fingerprint density at radius 3 is 1.95 bits per heavy atom. The first-order valence-corrected chi connectivity index (χ1v) is 31.5. The van der Waals surface area contributed by atoms with Crippen molar-refractivity contribution >= 4 is 42.4 Å². The quantitative estimate of drug-likeness (QED) is 0.0334. The predicted octanol–water partition coefficient (Wildman–Crippen LogP) is 8.79. The number of allylic oxidation sites excluding steroid dienone is 1. The van der Waals surface area contributed by atoms with Gasteiger partial charge in [0, 0.05) is 119 Å². The second-order valence-corrected chi connectivity index (χ2v) is 22.8. The third kappa shape index (κ3) is 25.9. The number of nitrogens with one attached hydrogen (secondary N) is 1. The van der Waals surface area contributed by atoms with Crippen LogP contribution in [0, 0.1) is 6.92 Å². The number of pyridine rings is 4. The van der Waals surface area contributed by atoms with Gasteiger partial charge in [-0.2, -0.15) is 0 Å². The molecule has 0 bridgehead atoms. The molecule has 17 nitrogen and oxygen atoms in total. The maximum atomic E-state index is 12.5. The topological polar surface area (TPSA) is 182 Å². The minimum absolute atomic E-state index is 0. The van der Waals surface area contributed by atoms with E-state index in [1.54, 1.807) is 24.9 Å². The Labute approximate surface area is 531 Å². The number of carbonyl (C=O) groups is 2. The average Bonchev–Trinajstić information content (AvgIpc) is 4.58. The number of carbonyl (C=O) groups excluding carboxylic acids is 2. The largest absolute Gasteiger partial charge is 1.00 e. The summed E-state index contributed by atoms with van der Waals surface area (Å²) in [6.45, 7) is 13.9. The van der Waals surface area contributed by atoms with E-state index >= 15 is 0 Å². The van der Waals surface area contributed by atoms with Gasteiger partial charge in [-0.3, -0.25) is 14.8 Å². The number of carboxylic acid groups (broad SMARTS) is 1. The van der Waals surface area contributed by atoms with Gasteiger partial charge in [0.15, 0.2) is 43.0 Å². The average molecular weight is 1360 g/mol. The molecule has 6 aromatic heterocycles. The Hall–Kier alpha value is -7.31. The molecular weight excluding hydrogens is 1260 g/mol. The van der Waals surface area contributed by atoms with Crippen molar-refractivity contribution < 1.29 is 57.3 Å². The van der Waals surface area contributed by atoms with Crippen LogP contribution in [0.4, 0.5) is 0 Å². The zero-order valence-corrected chi connectivity index (χ0v) is 55.4.